The first-order valence-corrected chi connectivity index (χ1v) is 5.76. The fraction of sp³-hybridized carbons (Fsp3) is 0.538. The number of hydrogen-bond acceptors (Lipinski definition) is 2. The summed E-state index contributed by atoms with van der Waals surface area (Å²) < 4.78 is 0. The summed E-state index contributed by atoms with van der Waals surface area (Å²) in [6, 6.07) is 7.15. The number of benzene rings is 1. The van der Waals surface area contributed by atoms with Crippen LogP contribution in [0.1, 0.15) is 30.4 Å². The zero-order chi connectivity index (χ0) is 10.7. The van der Waals surface area contributed by atoms with E-state index in [0.717, 1.165) is 12.8 Å². The number of rotatable bonds is 3. The number of aliphatic hydroxyl groups is 1. The molecule has 1 unspecified atom stereocenters. The Morgan fingerprint density at radius 3 is 3.13 bits per heavy atom. The minimum Gasteiger partial charge on any atom is -0.396 e. The molecule has 15 heavy (non-hydrogen) atoms. The second-order valence-electron chi connectivity index (χ2n) is 4.41. The van der Waals surface area contributed by atoms with Gasteiger partial charge < -0.3 is 10.4 Å². The van der Waals surface area contributed by atoms with E-state index in [1.165, 1.54) is 29.7 Å². The molecule has 0 radical (unpaired) electrons. The molecule has 1 aromatic rings. The van der Waals surface area contributed by atoms with Gasteiger partial charge in [-0.25, -0.2) is 0 Å². The summed E-state index contributed by atoms with van der Waals surface area (Å²) in [6.45, 7) is 2.44. The van der Waals surface area contributed by atoms with Crippen LogP contribution in [0.15, 0.2) is 18.2 Å². The van der Waals surface area contributed by atoms with Crippen molar-refractivity contribution in [1.29, 1.82) is 0 Å². The molecule has 2 nitrogen and oxygen atoms in total. The van der Waals surface area contributed by atoms with Gasteiger partial charge in [0.25, 0.3) is 0 Å². The number of nitrogens with one attached hydrogen (secondary N) is 1. The average molecular weight is 205 g/mol. The Kier molecular flexibility index (Phi) is 3.27. The Bertz CT molecular complexity index is 335. The van der Waals surface area contributed by atoms with Crippen LogP contribution in [0.3, 0.4) is 0 Å². The summed E-state index contributed by atoms with van der Waals surface area (Å²) in [5.41, 5.74) is 4.06. The lowest BCUT2D eigenvalue weighted by atomic mass is 9.94. The molecule has 1 aromatic carbocycles. The van der Waals surface area contributed by atoms with Crippen molar-refractivity contribution < 1.29 is 5.11 Å². The highest BCUT2D eigenvalue weighted by Crippen LogP contribution is 2.27. The van der Waals surface area contributed by atoms with Gasteiger partial charge in [-0.05, 0) is 44.2 Å². The minimum atomic E-state index is 0.304. The second-order valence-corrected chi connectivity index (χ2v) is 4.41. The number of hydrogen-bond donors (Lipinski definition) is 2. The van der Waals surface area contributed by atoms with Crippen molar-refractivity contribution in [2.45, 2.75) is 38.6 Å². The van der Waals surface area contributed by atoms with E-state index < -0.39 is 0 Å². The van der Waals surface area contributed by atoms with E-state index >= 15 is 0 Å². The van der Waals surface area contributed by atoms with Crippen LogP contribution >= 0.6 is 0 Å². The van der Waals surface area contributed by atoms with Gasteiger partial charge in [0, 0.05) is 18.3 Å². The van der Waals surface area contributed by atoms with Crippen LogP contribution in [0, 0.1) is 6.92 Å². The summed E-state index contributed by atoms with van der Waals surface area (Å²) in [5, 5.41) is 12.3. The highest BCUT2D eigenvalue weighted by molar-refractivity contribution is 5.55. The molecule has 2 N–H and O–H groups in total. The van der Waals surface area contributed by atoms with Crippen LogP contribution in [-0.4, -0.2) is 17.8 Å². The summed E-state index contributed by atoms with van der Waals surface area (Å²) in [6.07, 6.45) is 4.33. The summed E-state index contributed by atoms with van der Waals surface area (Å²) >= 11 is 0. The van der Waals surface area contributed by atoms with Gasteiger partial charge in [-0.15, -0.1) is 0 Å². The Balaban J connectivity index is 2.03. The molecular formula is C13H19NO. The largest absolute Gasteiger partial charge is 0.396 e. The maximum atomic E-state index is 8.80. The zero-order valence-corrected chi connectivity index (χ0v) is 9.29. The SMILES string of the molecule is Cc1ccc2c(c1)CCC(CCCO)N2. The van der Waals surface area contributed by atoms with Crippen LogP contribution in [0.25, 0.3) is 0 Å². The van der Waals surface area contributed by atoms with Gasteiger partial charge in [-0.1, -0.05) is 17.7 Å². The minimum absolute atomic E-state index is 0.304. The molecule has 2 heteroatoms. The predicted molar refractivity (Wildman–Crippen MR) is 63.2 cm³/mol. The molecule has 1 atom stereocenters. The van der Waals surface area contributed by atoms with E-state index in [2.05, 4.69) is 30.4 Å². The maximum absolute atomic E-state index is 8.80. The molecular weight excluding hydrogens is 186 g/mol. The van der Waals surface area contributed by atoms with Crippen molar-refractivity contribution in [3.05, 3.63) is 29.3 Å². The lowest BCUT2D eigenvalue weighted by molar-refractivity contribution is 0.279. The molecule has 0 bridgehead atoms. The van der Waals surface area contributed by atoms with Crippen LogP contribution < -0.4 is 5.32 Å². The van der Waals surface area contributed by atoms with E-state index in [9.17, 15) is 0 Å². The van der Waals surface area contributed by atoms with E-state index in [-0.39, 0.29) is 0 Å². The summed E-state index contributed by atoms with van der Waals surface area (Å²) in [7, 11) is 0. The van der Waals surface area contributed by atoms with Gasteiger partial charge in [0.05, 0.1) is 0 Å². The molecule has 1 aliphatic rings. The van der Waals surface area contributed by atoms with Crippen molar-refractivity contribution in [2.75, 3.05) is 11.9 Å². The van der Waals surface area contributed by atoms with Gasteiger partial charge in [-0.3, -0.25) is 0 Å². The van der Waals surface area contributed by atoms with Crippen molar-refractivity contribution in [3.63, 3.8) is 0 Å². The van der Waals surface area contributed by atoms with Gasteiger partial charge >= 0.3 is 0 Å². The Labute approximate surface area is 91.3 Å². The normalized spacial score (nSPS) is 19.5. The predicted octanol–water partition coefficient (Wildman–Crippen LogP) is 2.49. The number of anilines is 1. The third-order valence-electron chi connectivity index (χ3n) is 3.09. The van der Waals surface area contributed by atoms with Crippen LogP contribution in [-0.2, 0) is 6.42 Å². The maximum Gasteiger partial charge on any atom is 0.0431 e. The molecule has 0 aliphatic carbocycles. The Morgan fingerprint density at radius 2 is 2.33 bits per heavy atom. The Morgan fingerprint density at radius 1 is 1.47 bits per heavy atom. The monoisotopic (exact) mass is 205 g/mol. The highest BCUT2D eigenvalue weighted by atomic mass is 16.2. The van der Waals surface area contributed by atoms with Crippen molar-refractivity contribution in [3.8, 4) is 0 Å². The topological polar surface area (TPSA) is 32.3 Å². The number of aryl methyl sites for hydroxylation is 2. The Hall–Kier alpha value is -1.02. The van der Waals surface area contributed by atoms with E-state index in [1.54, 1.807) is 0 Å². The zero-order valence-electron chi connectivity index (χ0n) is 9.29. The molecule has 0 fully saturated rings. The molecule has 0 aromatic heterocycles. The van der Waals surface area contributed by atoms with Crippen LogP contribution in [0.5, 0.6) is 0 Å². The van der Waals surface area contributed by atoms with Gasteiger partial charge in [0.2, 0.25) is 0 Å². The van der Waals surface area contributed by atoms with E-state index in [0.29, 0.717) is 12.6 Å². The van der Waals surface area contributed by atoms with Crippen LogP contribution in [0.4, 0.5) is 5.69 Å². The number of fused-ring (bicyclic) bond motifs is 1. The summed E-state index contributed by atoms with van der Waals surface area (Å²) in [4.78, 5) is 0. The molecule has 1 heterocycles. The van der Waals surface area contributed by atoms with Crippen LogP contribution in [0.2, 0.25) is 0 Å². The average Bonchev–Trinajstić information content (AvgIpc) is 2.26. The third-order valence-corrected chi connectivity index (χ3v) is 3.09. The fourth-order valence-corrected chi connectivity index (χ4v) is 2.25. The van der Waals surface area contributed by atoms with Gasteiger partial charge in [-0.2, -0.15) is 0 Å². The second kappa shape index (κ2) is 4.67. The lowest BCUT2D eigenvalue weighted by Crippen LogP contribution is -2.25. The van der Waals surface area contributed by atoms with Crippen molar-refractivity contribution in [2.24, 2.45) is 0 Å². The highest BCUT2D eigenvalue weighted by Gasteiger charge is 2.16. The molecule has 0 amide bonds. The first-order valence-electron chi connectivity index (χ1n) is 5.76. The molecule has 2 rings (SSSR count). The molecule has 0 saturated heterocycles. The van der Waals surface area contributed by atoms with Crippen molar-refractivity contribution in [1.82, 2.24) is 0 Å². The van der Waals surface area contributed by atoms with Gasteiger partial charge in [0.1, 0.15) is 0 Å². The molecule has 0 spiro atoms. The van der Waals surface area contributed by atoms with Crippen molar-refractivity contribution >= 4 is 5.69 Å². The fourth-order valence-electron chi connectivity index (χ4n) is 2.25. The quantitative estimate of drug-likeness (QED) is 0.794. The van der Waals surface area contributed by atoms with Gasteiger partial charge in [0.15, 0.2) is 0 Å². The first-order chi connectivity index (χ1) is 7.29. The third kappa shape index (κ3) is 2.51. The smallest absolute Gasteiger partial charge is 0.0431 e. The van der Waals surface area contributed by atoms with E-state index in [1.807, 2.05) is 0 Å². The molecule has 0 saturated carbocycles. The molecule has 1 aliphatic heterocycles. The number of aliphatic hydroxyl groups excluding tert-OH is 1. The molecule has 82 valence electrons. The standard InChI is InChI=1S/C13H19NO/c1-10-4-7-13-11(9-10)5-6-12(14-13)3-2-8-15/h4,7,9,12,14-15H,2-3,5-6,8H2,1H3. The van der Waals surface area contributed by atoms with E-state index in [4.69, 9.17) is 5.11 Å². The first kappa shape index (κ1) is 10.5. The lowest BCUT2D eigenvalue weighted by Gasteiger charge is -2.27. The summed E-state index contributed by atoms with van der Waals surface area (Å²) in [5.74, 6) is 0.